The molecule has 3 atom stereocenters. The van der Waals surface area contributed by atoms with Crippen LogP contribution in [0.4, 0.5) is 0 Å². The lowest BCUT2D eigenvalue weighted by Gasteiger charge is -2.37. The van der Waals surface area contributed by atoms with Crippen LogP contribution in [0.2, 0.25) is 0 Å². The molecular weight excluding hydrogens is 280 g/mol. The largest absolute Gasteiger partial charge is 0.497 e. The van der Waals surface area contributed by atoms with Crippen molar-refractivity contribution >= 4 is 5.91 Å². The highest BCUT2D eigenvalue weighted by atomic mass is 16.5. The molecule has 122 valence electrons. The van der Waals surface area contributed by atoms with E-state index in [2.05, 4.69) is 5.32 Å². The van der Waals surface area contributed by atoms with Crippen molar-refractivity contribution in [3.05, 3.63) is 29.8 Å². The predicted molar refractivity (Wildman–Crippen MR) is 85.5 cm³/mol. The number of nitrogens with one attached hydrogen (secondary N) is 1. The van der Waals surface area contributed by atoms with Crippen molar-refractivity contribution in [1.82, 2.24) is 5.32 Å². The van der Waals surface area contributed by atoms with Crippen LogP contribution in [0.25, 0.3) is 0 Å². The lowest BCUT2D eigenvalue weighted by Crippen LogP contribution is -2.53. The van der Waals surface area contributed by atoms with Gasteiger partial charge in [-0.15, -0.1) is 0 Å². The molecule has 0 aliphatic heterocycles. The first kappa shape index (κ1) is 16.8. The molecule has 1 fully saturated rings. The van der Waals surface area contributed by atoms with E-state index in [0.717, 1.165) is 31.2 Å². The van der Waals surface area contributed by atoms with E-state index in [9.17, 15) is 9.90 Å². The smallest absolute Gasteiger partial charge is 0.225 e. The van der Waals surface area contributed by atoms with Crippen molar-refractivity contribution < 1.29 is 14.6 Å². The SMILES string of the molecule is COc1cccc(C(O)CNC(=O)C2CCCCC2(C)N)c1. The Bertz CT molecular complexity index is 516. The third-order valence-corrected chi connectivity index (χ3v) is 4.52. The molecule has 22 heavy (non-hydrogen) atoms. The minimum Gasteiger partial charge on any atom is -0.497 e. The second-order valence-corrected chi connectivity index (χ2v) is 6.34. The normalized spacial score (nSPS) is 26.3. The van der Waals surface area contributed by atoms with E-state index in [1.165, 1.54) is 0 Å². The molecule has 1 aliphatic rings. The first-order valence-electron chi connectivity index (χ1n) is 7.82. The molecule has 4 N–H and O–H groups in total. The molecule has 5 nitrogen and oxygen atoms in total. The number of methoxy groups -OCH3 is 1. The lowest BCUT2D eigenvalue weighted by molar-refractivity contribution is -0.128. The van der Waals surface area contributed by atoms with Crippen molar-refractivity contribution in [2.75, 3.05) is 13.7 Å². The number of benzene rings is 1. The molecule has 0 heterocycles. The number of amides is 1. The summed E-state index contributed by atoms with van der Waals surface area (Å²) < 4.78 is 5.14. The Balaban J connectivity index is 1.92. The van der Waals surface area contributed by atoms with Gasteiger partial charge in [-0.3, -0.25) is 4.79 Å². The fourth-order valence-electron chi connectivity index (χ4n) is 3.08. The number of ether oxygens (including phenoxy) is 1. The number of aliphatic hydroxyl groups is 1. The summed E-state index contributed by atoms with van der Waals surface area (Å²) in [6.07, 6.45) is 3.02. The Morgan fingerprint density at radius 3 is 3.00 bits per heavy atom. The van der Waals surface area contributed by atoms with Crippen molar-refractivity contribution in [1.29, 1.82) is 0 Å². The van der Waals surface area contributed by atoms with Gasteiger partial charge in [-0.05, 0) is 37.5 Å². The van der Waals surface area contributed by atoms with Gasteiger partial charge in [-0.2, -0.15) is 0 Å². The summed E-state index contributed by atoms with van der Waals surface area (Å²) >= 11 is 0. The first-order valence-corrected chi connectivity index (χ1v) is 7.82. The molecule has 1 amide bonds. The first-order chi connectivity index (χ1) is 10.4. The fraction of sp³-hybridized carbons (Fsp3) is 0.588. The number of carbonyl (C=O) groups excluding carboxylic acids is 1. The lowest BCUT2D eigenvalue weighted by atomic mass is 9.74. The highest BCUT2D eigenvalue weighted by Crippen LogP contribution is 2.31. The van der Waals surface area contributed by atoms with Gasteiger partial charge in [0, 0.05) is 12.1 Å². The van der Waals surface area contributed by atoms with Gasteiger partial charge in [0.05, 0.1) is 19.1 Å². The zero-order valence-electron chi connectivity index (χ0n) is 13.3. The van der Waals surface area contributed by atoms with Crippen LogP contribution in [0.3, 0.4) is 0 Å². The molecule has 1 aromatic rings. The zero-order valence-corrected chi connectivity index (χ0v) is 13.3. The number of carbonyl (C=O) groups is 1. The summed E-state index contributed by atoms with van der Waals surface area (Å²) in [6, 6.07) is 7.21. The van der Waals surface area contributed by atoms with Crippen molar-refractivity contribution in [2.24, 2.45) is 11.7 Å². The molecule has 0 bridgehead atoms. The Labute approximate surface area is 131 Å². The van der Waals surface area contributed by atoms with E-state index in [1.807, 2.05) is 25.1 Å². The van der Waals surface area contributed by atoms with E-state index in [4.69, 9.17) is 10.5 Å². The topological polar surface area (TPSA) is 84.6 Å². The van der Waals surface area contributed by atoms with Gasteiger partial charge in [-0.1, -0.05) is 25.0 Å². The van der Waals surface area contributed by atoms with Crippen molar-refractivity contribution in [2.45, 2.75) is 44.2 Å². The summed E-state index contributed by atoms with van der Waals surface area (Å²) in [5.41, 5.74) is 6.50. The van der Waals surface area contributed by atoms with Gasteiger partial charge >= 0.3 is 0 Å². The quantitative estimate of drug-likeness (QED) is 0.774. The van der Waals surface area contributed by atoms with Crippen molar-refractivity contribution in [3.8, 4) is 5.75 Å². The average molecular weight is 306 g/mol. The summed E-state index contributed by atoms with van der Waals surface area (Å²) in [5.74, 6) is 0.440. The minimum atomic E-state index is -0.758. The third kappa shape index (κ3) is 3.99. The number of hydrogen-bond donors (Lipinski definition) is 3. The van der Waals surface area contributed by atoms with E-state index >= 15 is 0 Å². The van der Waals surface area contributed by atoms with Gasteiger partial charge < -0.3 is 20.9 Å². The van der Waals surface area contributed by atoms with Crippen LogP contribution < -0.4 is 15.8 Å². The molecule has 5 heteroatoms. The number of hydrogen-bond acceptors (Lipinski definition) is 4. The zero-order chi connectivity index (χ0) is 16.2. The number of rotatable bonds is 5. The maximum absolute atomic E-state index is 12.3. The van der Waals surface area contributed by atoms with Crippen LogP contribution in [-0.2, 0) is 4.79 Å². The van der Waals surface area contributed by atoms with Crippen LogP contribution in [0, 0.1) is 5.92 Å². The molecular formula is C17H26N2O3. The standard InChI is InChI=1S/C17H26N2O3/c1-17(18)9-4-3-8-14(17)16(21)19-11-15(20)12-6-5-7-13(10-12)22-2/h5-7,10,14-15,20H,3-4,8-9,11,18H2,1-2H3,(H,19,21). The van der Waals surface area contributed by atoms with Crippen LogP contribution in [-0.4, -0.2) is 30.2 Å². The Hall–Kier alpha value is -1.59. The van der Waals surface area contributed by atoms with Crippen LogP contribution in [0.15, 0.2) is 24.3 Å². The van der Waals surface area contributed by atoms with E-state index < -0.39 is 11.6 Å². The molecule has 1 saturated carbocycles. The van der Waals surface area contributed by atoms with Crippen molar-refractivity contribution in [3.63, 3.8) is 0 Å². The van der Waals surface area contributed by atoms with E-state index in [0.29, 0.717) is 5.75 Å². The third-order valence-electron chi connectivity index (χ3n) is 4.52. The fourth-order valence-corrected chi connectivity index (χ4v) is 3.08. The summed E-state index contributed by atoms with van der Waals surface area (Å²) in [5, 5.41) is 13.1. The maximum Gasteiger partial charge on any atom is 0.225 e. The summed E-state index contributed by atoms with van der Waals surface area (Å²) in [7, 11) is 1.58. The highest BCUT2D eigenvalue weighted by molar-refractivity contribution is 5.80. The van der Waals surface area contributed by atoms with Gasteiger partial charge in [-0.25, -0.2) is 0 Å². The summed E-state index contributed by atoms with van der Waals surface area (Å²) in [6.45, 7) is 2.12. The molecule has 3 unspecified atom stereocenters. The molecule has 0 radical (unpaired) electrons. The Morgan fingerprint density at radius 2 is 2.32 bits per heavy atom. The van der Waals surface area contributed by atoms with Gasteiger partial charge in [0.1, 0.15) is 5.75 Å². The van der Waals surface area contributed by atoms with Crippen LogP contribution >= 0.6 is 0 Å². The highest BCUT2D eigenvalue weighted by Gasteiger charge is 2.37. The average Bonchev–Trinajstić information content (AvgIpc) is 2.52. The second-order valence-electron chi connectivity index (χ2n) is 6.34. The van der Waals surface area contributed by atoms with Gasteiger partial charge in [0.15, 0.2) is 0 Å². The predicted octanol–water partition coefficient (Wildman–Crippen LogP) is 1.75. The molecule has 0 aromatic heterocycles. The maximum atomic E-state index is 12.3. The number of aliphatic hydroxyl groups excluding tert-OH is 1. The van der Waals surface area contributed by atoms with Crippen LogP contribution in [0.5, 0.6) is 5.75 Å². The monoisotopic (exact) mass is 306 g/mol. The minimum absolute atomic E-state index is 0.0633. The Kier molecular flexibility index (Phi) is 5.42. The molecule has 0 spiro atoms. The molecule has 0 saturated heterocycles. The summed E-state index contributed by atoms with van der Waals surface area (Å²) in [4.78, 5) is 12.3. The molecule has 2 rings (SSSR count). The van der Waals surface area contributed by atoms with Gasteiger partial charge in [0.25, 0.3) is 0 Å². The molecule has 1 aliphatic carbocycles. The van der Waals surface area contributed by atoms with Gasteiger partial charge in [0.2, 0.25) is 5.91 Å². The second kappa shape index (κ2) is 7.11. The Morgan fingerprint density at radius 1 is 1.55 bits per heavy atom. The van der Waals surface area contributed by atoms with E-state index in [1.54, 1.807) is 13.2 Å². The number of nitrogens with two attached hydrogens (primary N) is 1. The van der Waals surface area contributed by atoms with Crippen LogP contribution in [0.1, 0.15) is 44.3 Å². The molecule has 1 aromatic carbocycles. The van der Waals surface area contributed by atoms with E-state index in [-0.39, 0.29) is 18.4 Å².